The van der Waals surface area contributed by atoms with Crippen LogP contribution in [0.15, 0.2) is 48.7 Å². The van der Waals surface area contributed by atoms with Crippen LogP contribution in [0.1, 0.15) is 13.8 Å². The van der Waals surface area contributed by atoms with E-state index in [-0.39, 0.29) is 24.3 Å². The van der Waals surface area contributed by atoms with Gasteiger partial charge in [-0.25, -0.2) is 4.98 Å². The zero-order chi connectivity index (χ0) is 17.5. The summed E-state index contributed by atoms with van der Waals surface area (Å²) in [6.07, 6.45) is 1.51. The minimum Gasteiger partial charge on any atom is -0.439 e. The van der Waals surface area contributed by atoms with E-state index in [1.54, 1.807) is 33.0 Å². The lowest BCUT2D eigenvalue weighted by Crippen LogP contribution is -2.37. The maximum absolute atomic E-state index is 12.0. The molecule has 0 radical (unpaired) electrons. The van der Waals surface area contributed by atoms with Crippen LogP contribution in [0.3, 0.4) is 0 Å². The van der Waals surface area contributed by atoms with Gasteiger partial charge < -0.3 is 15.0 Å². The van der Waals surface area contributed by atoms with Crippen molar-refractivity contribution in [3.63, 3.8) is 0 Å². The summed E-state index contributed by atoms with van der Waals surface area (Å²) in [5.74, 6) is 0.640. The van der Waals surface area contributed by atoms with E-state index in [9.17, 15) is 9.59 Å². The Morgan fingerprint density at radius 1 is 1.17 bits per heavy atom. The van der Waals surface area contributed by atoms with E-state index in [4.69, 9.17) is 4.74 Å². The van der Waals surface area contributed by atoms with Crippen molar-refractivity contribution in [1.29, 1.82) is 0 Å². The summed E-state index contributed by atoms with van der Waals surface area (Å²) in [5, 5.41) is 2.71. The van der Waals surface area contributed by atoms with Crippen molar-refractivity contribution in [3.05, 3.63) is 48.7 Å². The largest absolute Gasteiger partial charge is 0.439 e. The molecule has 0 fully saturated rings. The number of hydrogen-bond acceptors (Lipinski definition) is 4. The molecule has 2 rings (SSSR count). The Labute approximate surface area is 141 Å². The average molecular weight is 327 g/mol. The molecule has 0 unspecified atom stereocenters. The summed E-state index contributed by atoms with van der Waals surface area (Å²) in [6, 6.07) is 12.7. The highest BCUT2D eigenvalue weighted by molar-refractivity contribution is 5.94. The van der Waals surface area contributed by atoms with Crippen molar-refractivity contribution in [2.45, 2.75) is 13.8 Å². The van der Waals surface area contributed by atoms with Crippen molar-refractivity contribution in [2.24, 2.45) is 5.92 Å². The van der Waals surface area contributed by atoms with E-state index in [0.717, 1.165) is 0 Å². The average Bonchev–Trinajstić information content (AvgIpc) is 2.56. The third kappa shape index (κ3) is 5.08. The molecule has 1 N–H and O–H groups in total. The third-order valence-electron chi connectivity index (χ3n) is 3.24. The second-order valence-corrected chi connectivity index (χ2v) is 5.70. The van der Waals surface area contributed by atoms with Gasteiger partial charge in [-0.2, -0.15) is 0 Å². The molecule has 0 aliphatic heterocycles. The number of aromatic nitrogens is 1. The molecule has 6 nitrogen and oxygen atoms in total. The first kappa shape index (κ1) is 17.5. The lowest BCUT2D eigenvalue weighted by molar-refractivity contribution is -0.136. The van der Waals surface area contributed by atoms with Gasteiger partial charge in [-0.3, -0.25) is 9.59 Å². The summed E-state index contributed by atoms with van der Waals surface area (Å²) >= 11 is 0. The van der Waals surface area contributed by atoms with Crippen molar-refractivity contribution in [2.75, 3.05) is 18.9 Å². The second kappa shape index (κ2) is 8.10. The van der Waals surface area contributed by atoms with Gasteiger partial charge in [0.1, 0.15) is 5.75 Å². The summed E-state index contributed by atoms with van der Waals surface area (Å²) in [4.78, 5) is 29.3. The van der Waals surface area contributed by atoms with E-state index in [1.165, 1.54) is 11.1 Å². The molecule has 0 atom stereocenters. The topological polar surface area (TPSA) is 71.5 Å². The fourth-order valence-electron chi connectivity index (χ4n) is 2.06. The number of nitrogens with one attached hydrogen (secondary N) is 1. The number of carbonyl (C=O) groups excluding carboxylic acids is 2. The van der Waals surface area contributed by atoms with Gasteiger partial charge in [0.25, 0.3) is 0 Å². The predicted molar refractivity (Wildman–Crippen MR) is 91.9 cm³/mol. The fourth-order valence-corrected chi connectivity index (χ4v) is 2.06. The molecule has 0 saturated heterocycles. The van der Waals surface area contributed by atoms with Gasteiger partial charge >= 0.3 is 0 Å². The quantitative estimate of drug-likeness (QED) is 0.885. The van der Waals surface area contributed by atoms with Gasteiger partial charge in [-0.05, 0) is 18.2 Å². The maximum atomic E-state index is 12.0. The summed E-state index contributed by atoms with van der Waals surface area (Å²) in [6.45, 7) is 3.59. The molecule has 0 aliphatic rings. The lowest BCUT2D eigenvalue weighted by Gasteiger charge is -2.18. The summed E-state index contributed by atoms with van der Waals surface area (Å²) in [7, 11) is 1.61. The van der Waals surface area contributed by atoms with Crippen LogP contribution in [0.2, 0.25) is 0 Å². The van der Waals surface area contributed by atoms with Crippen molar-refractivity contribution >= 4 is 17.5 Å². The number of ether oxygens (including phenoxy) is 1. The van der Waals surface area contributed by atoms with Crippen LogP contribution in [0, 0.1) is 5.92 Å². The van der Waals surface area contributed by atoms with Crippen LogP contribution in [-0.2, 0) is 9.59 Å². The third-order valence-corrected chi connectivity index (χ3v) is 3.24. The molecule has 1 aromatic heterocycles. The first-order chi connectivity index (χ1) is 11.5. The van der Waals surface area contributed by atoms with Crippen LogP contribution >= 0.6 is 0 Å². The van der Waals surface area contributed by atoms with E-state index in [2.05, 4.69) is 10.3 Å². The van der Waals surface area contributed by atoms with Crippen molar-refractivity contribution in [1.82, 2.24) is 9.88 Å². The molecule has 0 spiro atoms. The first-order valence-electron chi connectivity index (χ1n) is 7.69. The monoisotopic (exact) mass is 327 g/mol. The van der Waals surface area contributed by atoms with Crippen molar-refractivity contribution in [3.8, 4) is 11.6 Å². The Hall–Kier alpha value is -2.89. The zero-order valence-electron chi connectivity index (χ0n) is 14.0. The van der Waals surface area contributed by atoms with Gasteiger partial charge in [-0.1, -0.05) is 32.0 Å². The number of benzene rings is 1. The number of rotatable bonds is 6. The molecule has 1 aromatic carbocycles. The van der Waals surface area contributed by atoms with E-state index in [1.807, 2.05) is 30.3 Å². The molecule has 2 amide bonds. The molecule has 2 aromatic rings. The van der Waals surface area contributed by atoms with Crippen LogP contribution in [0.25, 0.3) is 0 Å². The maximum Gasteiger partial charge on any atom is 0.244 e. The predicted octanol–water partition coefficient (Wildman–Crippen LogP) is 2.93. The molecular weight excluding hydrogens is 306 g/mol. The molecule has 0 saturated carbocycles. The highest BCUT2D eigenvalue weighted by Gasteiger charge is 2.16. The molecule has 1 heterocycles. The molecule has 24 heavy (non-hydrogen) atoms. The molecule has 6 heteroatoms. The number of pyridine rings is 1. The summed E-state index contributed by atoms with van der Waals surface area (Å²) in [5.41, 5.74) is 0.547. The summed E-state index contributed by atoms with van der Waals surface area (Å²) < 4.78 is 5.58. The second-order valence-electron chi connectivity index (χ2n) is 5.70. The Morgan fingerprint density at radius 3 is 2.46 bits per heavy atom. The van der Waals surface area contributed by atoms with Crippen LogP contribution < -0.4 is 10.1 Å². The normalized spacial score (nSPS) is 10.3. The zero-order valence-corrected chi connectivity index (χ0v) is 14.0. The number of hydrogen-bond donors (Lipinski definition) is 1. The minimum absolute atomic E-state index is 0.000714. The van der Waals surface area contributed by atoms with E-state index >= 15 is 0 Å². The van der Waals surface area contributed by atoms with Crippen LogP contribution in [0.5, 0.6) is 11.6 Å². The Balaban J connectivity index is 1.89. The molecule has 126 valence electrons. The number of nitrogens with zero attached hydrogens (tertiary/aromatic N) is 2. The fraction of sp³-hybridized carbons (Fsp3) is 0.278. The van der Waals surface area contributed by atoms with Gasteiger partial charge in [-0.15, -0.1) is 0 Å². The number of para-hydroxylation sites is 1. The molecule has 0 bridgehead atoms. The number of amides is 2. The first-order valence-corrected chi connectivity index (χ1v) is 7.69. The van der Waals surface area contributed by atoms with Crippen LogP contribution in [0.4, 0.5) is 5.69 Å². The van der Waals surface area contributed by atoms with Gasteiger partial charge in [0.05, 0.1) is 18.4 Å². The van der Waals surface area contributed by atoms with Crippen LogP contribution in [-0.4, -0.2) is 35.3 Å². The van der Waals surface area contributed by atoms with E-state index < -0.39 is 0 Å². The standard InChI is InChI=1S/C18H21N3O3/c1-13(2)18(23)21(3)12-16(22)20-14-9-10-17(19-11-14)24-15-7-5-4-6-8-15/h4-11,13H,12H2,1-3H3,(H,20,22). The number of carbonyl (C=O) groups is 2. The van der Waals surface area contributed by atoms with Gasteiger partial charge in [0, 0.05) is 19.0 Å². The Kier molecular flexibility index (Phi) is 5.89. The number of anilines is 1. The minimum atomic E-state index is -0.273. The molecule has 0 aliphatic carbocycles. The highest BCUT2D eigenvalue weighted by atomic mass is 16.5. The lowest BCUT2D eigenvalue weighted by atomic mass is 10.2. The SMILES string of the molecule is CC(C)C(=O)N(C)CC(=O)Nc1ccc(Oc2ccccc2)nc1. The van der Waals surface area contributed by atoms with Gasteiger partial charge in [0.15, 0.2) is 0 Å². The number of likely N-dealkylation sites (N-methyl/N-ethyl adjacent to an activating group) is 1. The van der Waals surface area contributed by atoms with Crippen molar-refractivity contribution < 1.29 is 14.3 Å². The van der Waals surface area contributed by atoms with E-state index in [0.29, 0.717) is 17.3 Å². The highest BCUT2D eigenvalue weighted by Crippen LogP contribution is 2.19. The smallest absolute Gasteiger partial charge is 0.244 e. The molecular formula is C18H21N3O3. The Morgan fingerprint density at radius 2 is 1.88 bits per heavy atom. The Bertz CT molecular complexity index is 684. The van der Waals surface area contributed by atoms with Gasteiger partial charge in [0.2, 0.25) is 17.7 Å².